The van der Waals surface area contributed by atoms with Gasteiger partial charge < -0.3 is 9.72 Å². The highest BCUT2D eigenvalue weighted by Crippen LogP contribution is 2.19. The number of ether oxygens (including phenoxy) is 1. The van der Waals surface area contributed by atoms with Crippen LogP contribution in [-0.2, 0) is 4.74 Å². The van der Waals surface area contributed by atoms with Crippen LogP contribution in [0.3, 0.4) is 0 Å². The Morgan fingerprint density at radius 3 is 2.52 bits per heavy atom. The van der Waals surface area contributed by atoms with Crippen LogP contribution in [0.2, 0.25) is 0 Å². The van der Waals surface area contributed by atoms with Crippen LogP contribution in [0.15, 0.2) is 30.5 Å². The van der Waals surface area contributed by atoms with Crippen LogP contribution in [0.25, 0.3) is 11.4 Å². The van der Waals surface area contributed by atoms with Gasteiger partial charge in [-0.05, 0) is 45.0 Å². The van der Waals surface area contributed by atoms with Gasteiger partial charge in [0.1, 0.15) is 23.2 Å². The Morgan fingerprint density at radius 2 is 2.00 bits per heavy atom. The molecule has 108 valence electrons. The molecule has 0 aliphatic heterocycles. The van der Waals surface area contributed by atoms with Crippen LogP contribution in [0.1, 0.15) is 26.5 Å². The average molecular weight is 284 g/mol. The van der Waals surface area contributed by atoms with Crippen molar-refractivity contribution in [3.8, 4) is 17.5 Å². The first-order valence-electron chi connectivity index (χ1n) is 6.43. The van der Waals surface area contributed by atoms with Gasteiger partial charge in [-0.1, -0.05) is 0 Å². The van der Waals surface area contributed by atoms with E-state index in [1.807, 2.05) is 6.07 Å². The maximum atomic E-state index is 11.6. The smallest absolute Gasteiger partial charge is 0.412 e. The summed E-state index contributed by atoms with van der Waals surface area (Å²) in [5, 5.41) is 11.4. The summed E-state index contributed by atoms with van der Waals surface area (Å²) < 4.78 is 5.17. The Labute approximate surface area is 122 Å². The second-order valence-corrected chi connectivity index (χ2v) is 5.46. The van der Waals surface area contributed by atoms with Crippen molar-refractivity contribution in [3.05, 3.63) is 36.2 Å². The lowest BCUT2D eigenvalue weighted by molar-refractivity contribution is 0.0636. The maximum absolute atomic E-state index is 11.6. The van der Waals surface area contributed by atoms with E-state index in [1.165, 1.54) is 6.20 Å². The number of nitrogens with zero attached hydrogens (tertiary/aromatic N) is 2. The minimum absolute atomic E-state index is 0.404. The van der Waals surface area contributed by atoms with E-state index in [-0.39, 0.29) is 0 Å². The Hall–Kier alpha value is -2.81. The molecule has 0 atom stereocenters. The number of amides is 1. The number of carbonyl (C=O) groups is 1. The highest BCUT2D eigenvalue weighted by molar-refractivity contribution is 5.85. The molecule has 0 aliphatic rings. The minimum Gasteiger partial charge on any atom is -0.444 e. The summed E-state index contributed by atoms with van der Waals surface area (Å²) in [5.41, 5.74) is 1.32. The van der Waals surface area contributed by atoms with Crippen LogP contribution in [-0.4, -0.2) is 21.7 Å². The first-order chi connectivity index (χ1) is 9.87. The zero-order chi connectivity index (χ0) is 15.5. The molecule has 6 nitrogen and oxygen atoms in total. The maximum Gasteiger partial charge on any atom is 0.412 e. The van der Waals surface area contributed by atoms with E-state index in [1.54, 1.807) is 45.0 Å². The van der Waals surface area contributed by atoms with Gasteiger partial charge in [-0.25, -0.2) is 9.78 Å². The Bertz CT molecular complexity index is 675. The Balaban J connectivity index is 2.06. The fourth-order valence-electron chi connectivity index (χ4n) is 1.66. The van der Waals surface area contributed by atoms with E-state index in [9.17, 15) is 4.79 Å². The topological polar surface area (TPSA) is 90.8 Å². The molecule has 1 aromatic heterocycles. The molecule has 0 fully saturated rings. The van der Waals surface area contributed by atoms with Gasteiger partial charge in [0.05, 0.1) is 6.20 Å². The molecule has 0 saturated heterocycles. The van der Waals surface area contributed by atoms with Gasteiger partial charge in [-0.15, -0.1) is 0 Å². The molecule has 1 amide bonds. The minimum atomic E-state index is -0.536. The molecule has 2 N–H and O–H groups in total. The molecule has 1 aromatic carbocycles. The molecule has 21 heavy (non-hydrogen) atoms. The highest BCUT2D eigenvalue weighted by atomic mass is 16.6. The zero-order valence-corrected chi connectivity index (χ0v) is 12.1. The number of aromatic nitrogens is 2. The largest absolute Gasteiger partial charge is 0.444 e. The van der Waals surface area contributed by atoms with E-state index in [0.29, 0.717) is 17.2 Å². The molecule has 0 aliphatic carbocycles. The number of H-pyrrole nitrogens is 1. The van der Waals surface area contributed by atoms with Crippen LogP contribution in [0.5, 0.6) is 0 Å². The molecular formula is C15H16N4O2. The monoisotopic (exact) mass is 284 g/mol. The second-order valence-electron chi connectivity index (χ2n) is 5.46. The molecule has 2 rings (SSSR count). The molecule has 0 unspecified atom stereocenters. The fraction of sp³-hybridized carbons (Fsp3) is 0.267. The van der Waals surface area contributed by atoms with Crippen LogP contribution in [0.4, 0.5) is 10.5 Å². The third-order valence-corrected chi connectivity index (χ3v) is 2.50. The van der Waals surface area contributed by atoms with Crippen molar-refractivity contribution in [2.45, 2.75) is 26.4 Å². The lowest BCUT2D eigenvalue weighted by atomic mass is 10.2. The third-order valence-electron chi connectivity index (χ3n) is 2.50. The molecule has 0 radical (unpaired) electrons. The summed E-state index contributed by atoms with van der Waals surface area (Å²) in [6.07, 6.45) is 0.974. The quantitative estimate of drug-likeness (QED) is 0.885. The Kier molecular flexibility index (Phi) is 3.94. The van der Waals surface area contributed by atoms with E-state index >= 15 is 0 Å². The van der Waals surface area contributed by atoms with E-state index in [4.69, 9.17) is 10.00 Å². The molecule has 6 heteroatoms. The SMILES string of the molecule is CC(C)(C)OC(=O)Nc1ccc(-c2ncc(C#N)[nH]2)cc1. The molecule has 1 heterocycles. The van der Waals surface area contributed by atoms with E-state index < -0.39 is 11.7 Å². The number of nitriles is 1. The number of imidazole rings is 1. The third kappa shape index (κ3) is 4.08. The molecule has 0 saturated carbocycles. The lowest BCUT2D eigenvalue weighted by Crippen LogP contribution is -2.27. The van der Waals surface area contributed by atoms with Crippen molar-refractivity contribution < 1.29 is 9.53 Å². The van der Waals surface area contributed by atoms with Gasteiger partial charge in [0.15, 0.2) is 0 Å². The summed E-state index contributed by atoms with van der Waals surface area (Å²) >= 11 is 0. The summed E-state index contributed by atoms with van der Waals surface area (Å²) in [5.74, 6) is 0.607. The second kappa shape index (κ2) is 5.67. The number of hydrogen-bond acceptors (Lipinski definition) is 4. The first-order valence-corrected chi connectivity index (χ1v) is 6.43. The first kappa shape index (κ1) is 14.6. The molecule has 0 spiro atoms. The van der Waals surface area contributed by atoms with Gasteiger partial charge in [-0.2, -0.15) is 5.26 Å². The number of benzene rings is 1. The van der Waals surface area contributed by atoms with Crippen molar-refractivity contribution in [3.63, 3.8) is 0 Å². The van der Waals surface area contributed by atoms with Crippen LogP contribution in [0, 0.1) is 11.3 Å². The van der Waals surface area contributed by atoms with Crippen molar-refractivity contribution in [1.82, 2.24) is 9.97 Å². The van der Waals surface area contributed by atoms with E-state index in [2.05, 4.69) is 15.3 Å². The molecular weight excluding hydrogens is 268 g/mol. The van der Waals surface area contributed by atoms with Crippen LogP contribution >= 0.6 is 0 Å². The van der Waals surface area contributed by atoms with Crippen LogP contribution < -0.4 is 5.32 Å². The summed E-state index contributed by atoms with van der Waals surface area (Å²) in [4.78, 5) is 18.6. The van der Waals surface area contributed by atoms with E-state index in [0.717, 1.165) is 5.56 Å². The zero-order valence-electron chi connectivity index (χ0n) is 12.1. The fourth-order valence-corrected chi connectivity index (χ4v) is 1.66. The van der Waals surface area contributed by atoms with Crippen molar-refractivity contribution >= 4 is 11.8 Å². The highest BCUT2D eigenvalue weighted by Gasteiger charge is 2.16. The van der Waals surface area contributed by atoms with Gasteiger partial charge in [0, 0.05) is 11.3 Å². The predicted molar refractivity (Wildman–Crippen MR) is 78.6 cm³/mol. The number of hydrogen-bond donors (Lipinski definition) is 2. The number of anilines is 1. The number of aromatic amines is 1. The number of nitrogens with one attached hydrogen (secondary N) is 2. The summed E-state index contributed by atoms with van der Waals surface area (Å²) in [6.45, 7) is 5.41. The van der Waals surface area contributed by atoms with Crippen molar-refractivity contribution in [1.29, 1.82) is 5.26 Å². The lowest BCUT2D eigenvalue weighted by Gasteiger charge is -2.19. The van der Waals surface area contributed by atoms with Gasteiger partial charge in [0.2, 0.25) is 0 Å². The predicted octanol–water partition coefficient (Wildman–Crippen LogP) is 3.30. The molecule has 0 bridgehead atoms. The summed E-state index contributed by atoms with van der Waals surface area (Å²) in [6, 6.07) is 9.07. The van der Waals surface area contributed by atoms with Crippen molar-refractivity contribution in [2.75, 3.05) is 5.32 Å². The normalized spacial score (nSPS) is 10.8. The van der Waals surface area contributed by atoms with Crippen molar-refractivity contribution in [2.24, 2.45) is 0 Å². The standard InChI is InChI=1S/C15H16N4O2/c1-15(2,3)21-14(20)19-11-6-4-10(5-7-11)13-17-9-12(8-16)18-13/h4-7,9H,1-3H3,(H,17,18)(H,19,20). The van der Waals surface area contributed by atoms with Gasteiger partial charge in [0.25, 0.3) is 0 Å². The Morgan fingerprint density at radius 1 is 1.33 bits per heavy atom. The average Bonchev–Trinajstić information content (AvgIpc) is 2.86. The summed E-state index contributed by atoms with van der Waals surface area (Å²) in [7, 11) is 0. The van der Waals surface area contributed by atoms with Gasteiger partial charge >= 0.3 is 6.09 Å². The number of carbonyl (C=O) groups excluding carboxylic acids is 1. The molecule has 2 aromatic rings. The number of rotatable bonds is 2. The van der Waals surface area contributed by atoms with Gasteiger partial charge in [-0.3, -0.25) is 5.32 Å².